The van der Waals surface area contributed by atoms with E-state index >= 15 is 0 Å². The third-order valence-electron chi connectivity index (χ3n) is 8.64. The van der Waals surface area contributed by atoms with Crippen LogP contribution in [0, 0.1) is 0 Å². The van der Waals surface area contributed by atoms with E-state index in [1.165, 1.54) is 11.8 Å². The van der Waals surface area contributed by atoms with Crippen LogP contribution in [0.25, 0.3) is 10.9 Å². The number of nitrogens with one attached hydrogen (secondary N) is 1. The molecule has 1 saturated heterocycles. The van der Waals surface area contributed by atoms with Gasteiger partial charge in [-0.05, 0) is 79.2 Å². The highest BCUT2D eigenvalue weighted by atomic mass is 19.4. The van der Waals surface area contributed by atoms with Gasteiger partial charge >= 0.3 is 18.1 Å². The molecule has 0 radical (unpaired) electrons. The predicted molar refractivity (Wildman–Crippen MR) is 191 cm³/mol. The number of alkyl halides is 3. The number of aromatic nitrogens is 2. The molecule has 16 heteroatoms. The lowest BCUT2D eigenvalue weighted by Gasteiger charge is -2.40. The van der Waals surface area contributed by atoms with Crippen molar-refractivity contribution in [2.45, 2.75) is 25.7 Å². The molecule has 2 aromatic heterocycles. The lowest BCUT2D eigenvalue weighted by Crippen LogP contribution is -2.53. The fourth-order valence-corrected chi connectivity index (χ4v) is 5.86. The van der Waals surface area contributed by atoms with E-state index in [1.54, 1.807) is 25.3 Å². The number of amides is 2. The Morgan fingerprint density at radius 1 is 0.889 bits per heavy atom. The molecular formula is C38H36F3N5O8. The van der Waals surface area contributed by atoms with Gasteiger partial charge in [-0.15, -0.1) is 0 Å². The lowest BCUT2D eigenvalue weighted by atomic mass is 10.1. The third-order valence-corrected chi connectivity index (χ3v) is 8.64. The van der Waals surface area contributed by atoms with E-state index in [-0.39, 0.29) is 23.4 Å². The Morgan fingerprint density at radius 3 is 2.13 bits per heavy atom. The number of methoxy groups -OCH3 is 1. The van der Waals surface area contributed by atoms with E-state index < -0.39 is 29.6 Å². The summed E-state index contributed by atoms with van der Waals surface area (Å²) >= 11 is 0. The van der Waals surface area contributed by atoms with Gasteiger partial charge in [0.1, 0.15) is 17.2 Å². The number of ether oxygens (including phenoxy) is 2. The molecule has 0 bridgehead atoms. The first-order valence-corrected chi connectivity index (χ1v) is 16.5. The van der Waals surface area contributed by atoms with Crippen LogP contribution in [0.15, 0.2) is 91.1 Å². The maximum absolute atomic E-state index is 13.7. The van der Waals surface area contributed by atoms with Gasteiger partial charge in [0.15, 0.2) is 0 Å². The van der Waals surface area contributed by atoms with Crippen molar-refractivity contribution in [2.24, 2.45) is 7.05 Å². The Morgan fingerprint density at radius 2 is 1.56 bits per heavy atom. The van der Waals surface area contributed by atoms with Crippen molar-refractivity contribution in [3.63, 3.8) is 0 Å². The summed E-state index contributed by atoms with van der Waals surface area (Å²) in [6, 6.07) is 22.6. The number of carboxylic acids is 2. The number of carbonyl (C=O) groups excluding carboxylic acids is 2. The summed E-state index contributed by atoms with van der Waals surface area (Å²) in [6.45, 7) is 5.05. The predicted octanol–water partition coefficient (Wildman–Crippen LogP) is 6.15. The van der Waals surface area contributed by atoms with Gasteiger partial charge in [-0.1, -0.05) is 12.1 Å². The van der Waals surface area contributed by atoms with Gasteiger partial charge < -0.3 is 34.5 Å². The van der Waals surface area contributed by atoms with E-state index in [2.05, 4.69) is 34.3 Å². The number of aryl methyl sites for hydroxylation is 1. The number of anilines is 1. The van der Waals surface area contributed by atoms with Crippen LogP contribution in [0.2, 0.25) is 0 Å². The summed E-state index contributed by atoms with van der Waals surface area (Å²) in [6.07, 6.45) is -3.08. The van der Waals surface area contributed by atoms with Crippen molar-refractivity contribution in [2.75, 3.05) is 32.1 Å². The Kier molecular flexibility index (Phi) is 11.9. The molecule has 54 heavy (non-hydrogen) atoms. The van der Waals surface area contributed by atoms with Gasteiger partial charge in [0.2, 0.25) is 5.88 Å². The Balaban J connectivity index is 0.000000864. The van der Waals surface area contributed by atoms with Crippen molar-refractivity contribution in [3.05, 3.63) is 114 Å². The van der Waals surface area contributed by atoms with E-state index in [0.717, 1.165) is 60.6 Å². The molecular weight excluding hydrogens is 711 g/mol. The van der Waals surface area contributed by atoms with Gasteiger partial charge in [-0.25, -0.2) is 14.6 Å². The first-order valence-electron chi connectivity index (χ1n) is 16.5. The molecule has 3 aromatic carbocycles. The normalized spacial score (nSPS) is 14.5. The number of rotatable bonds is 8. The molecule has 1 atom stereocenters. The van der Waals surface area contributed by atoms with Crippen LogP contribution >= 0.6 is 0 Å². The third kappa shape index (κ3) is 9.51. The second kappa shape index (κ2) is 16.5. The average molecular weight is 748 g/mol. The van der Waals surface area contributed by atoms with E-state index in [1.807, 2.05) is 46.8 Å². The standard InChI is InChI=1S/C36H34F3N5O4.C2H2O4/c1-23-21-43(22-24-4-11-29(47-3)12-5-24)16-17-44(23)35(46)32-19-26-18-30(13-14-31(26)42(32)2)48-33-15-10-28(20-40-33)41-34(45)25-6-8-27(9-7-25)36(37,38)39;3-1(4)2(5)6/h4-15,18-20,23H,16-17,21-22H2,1-3H3,(H,41,45);(H,3,4)(H,5,6)/t23-;/m1./s1. The maximum atomic E-state index is 13.7. The van der Waals surface area contributed by atoms with Gasteiger partial charge in [-0.2, -0.15) is 13.2 Å². The number of benzene rings is 3. The molecule has 1 fully saturated rings. The van der Waals surface area contributed by atoms with Gasteiger partial charge in [0.05, 0.1) is 24.6 Å². The van der Waals surface area contributed by atoms with Crippen molar-refractivity contribution >= 4 is 40.3 Å². The second-order valence-corrected chi connectivity index (χ2v) is 12.4. The fourth-order valence-electron chi connectivity index (χ4n) is 5.86. The summed E-state index contributed by atoms with van der Waals surface area (Å²) in [7, 11) is 3.53. The molecule has 13 nitrogen and oxygen atoms in total. The number of fused-ring (bicyclic) bond motifs is 1. The topological polar surface area (TPSA) is 164 Å². The molecule has 6 rings (SSSR count). The molecule has 2 amide bonds. The number of halogens is 3. The number of carbonyl (C=O) groups is 4. The number of pyridine rings is 1. The van der Waals surface area contributed by atoms with Crippen molar-refractivity contribution in [3.8, 4) is 17.4 Å². The number of piperazine rings is 1. The summed E-state index contributed by atoms with van der Waals surface area (Å²) in [5.41, 5.74) is 2.27. The van der Waals surface area contributed by atoms with Gasteiger partial charge in [-0.3, -0.25) is 14.5 Å². The molecule has 0 saturated carbocycles. The van der Waals surface area contributed by atoms with Crippen LogP contribution in [-0.2, 0) is 29.4 Å². The molecule has 0 unspecified atom stereocenters. The minimum Gasteiger partial charge on any atom is -0.497 e. The van der Waals surface area contributed by atoms with Gasteiger partial charge in [0.25, 0.3) is 11.8 Å². The monoisotopic (exact) mass is 747 g/mol. The second-order valence-electron chi connectivity index (χ2n) is 12.4. The summed E-state index contributed by atoms with van der Waals surface area (Å²) in [5.74, 6) is -2.62. The minimum absolute atomic E-state index is 0.0247. The van der Waals surface area contributed by atoms with E-state index in [0.29, 0.717) is 23.7 Å². The van der Waals surface area contributed by atoms with Crippen LogP contribution < -0.4 is 14.8 Å². The SMILES string of the molecule is COc1ccc(CN2CCN(C(=O)c3cc4cc(Oc5ccc(NC(=O)c6ccc(C(F)(F)F)cc6)cn5)ccc4n3C)[C@H](C)C2)cc1.O=C(O)C(=O)O. The quantitative estimate of drug-likeness (QED) is 0.157. The number of hydrogen-bond acceptors (Lipinski definition) is 8. The molecule has 282 valence electrons. The summed E-state index contributed by atoms with van der Waals surface area (Å²) < 4.78 is 51.5. The minimum atomic E-state index is -4.48. The first-order chi connectivity index (χ1) is 25.6. The van der Waals surface area contributed by atoms with Crippen molar-refractivity contribution < 1.29 is 52.0 Å². The van der Waals surface area contributed by atoms with E-state index in [4.69, 9.17) is 29.3 Å². The summed E-state index contributed by atoms with van der Waals surface area (Å²) in [4.78, 5) is 52.9. The van der Waals surface area contributed by atoms with Crippen LogP contribution in [-0.4, -0.2) is 86.1 Å². The molecule has 1 aliphatic rings. The zero-order valence-electron chi connectivity index (χ0n) is 29.3. The highest BCUT2D eigenvalue weighted by molar-refractivity contribution is 6.27. The van der Waals surface area contributed by atoms with E-state index in [9.17, 15) is 22.8 Å². The zero-order valence-corrected chi connectivity index (χ0v) is 29.3. The van der Waals surface area contributed by atoms with Crippen LogP contribution in [0.5, 0.6) is 17.4 Å². The van der Waals surface area contributed by atoms with Crippen LogP contribution in [0.4, 0.5) is 18.9 Å². The smallest absolute Gasteiger partial charge is 0.416 e. The largest absolute Gasteiger partial charge is 0.497 e. The number of aliphatic carboxylic acids is 2. The lowest BCUT2D eigenvalue weighted by molar-refractivity contribution is -0.159. The average Bonchev–Trinajstić information content (AvgIpc) is 3.47. The fraction of sp³-hybridized carbons (Fsp3) is 0.237. The molecule has 3 heterocycles. The highest BCUT2D eigenvalue weighted by Crippen LogP contribution is 2.30. The van der Waals surface area contributed by atoms with Gasteiger partial charge in [0, 0.05) is 61.8 Å². The molecule has 0 spiro atoms. The summed E-state index contributed by atoms with van der Waals surface area (Å²) in [5, 5.41) is 18.2. The molecule has 5 aromatic rings. The Hall–Kier alpha value is -6.42. The van der Waals surface area contributed by atoms with Crippen LogP contribution in [0.3, 0.4) is 0 Å². The van der Waals surface area contributed by atoms with Crippen LogP contribution in [0.1, 0.15) is 38.9 Å². The van der Waals surface area contributed by atoms with Crippen molar-refractivity contribution in [1.29, 1.82) is 0 Å². The maximum Gasteiger partial charge on any atom is 0.416 e. The number of carboxylic acid groups (broad SMARTS) is 2. The first kappa shape index (κ1) is 38.8. The molecule has 0 aliphatic carbocycles. The zero-order chi connectivity index (χ0) is 39.2. The molecule has 3 N–H and O–H groups in total. The Bertz CT molecular complexity index is 2120. The molecule has 1 aliphatic heterocycles. The number of hydrogen-bond donors (Lipinski definition) is 3. The van der Waals surface area contributed by atoms with Crippen molar-refractivity contribution in [1.82, 2.24) is 19.4 Å². The highest BCUT2D eigenvalue weighted by Gasteiger charge is 2.31. The Labute approximate surface area is 307 Å². The number of nitrogens with zero attached hydrogens (tertiary/aromatic N) is 4.